The SMILES string of the molecule is Cc1cc(C)cc(-n2c(C)cc([C@@H]3[C@H](c4ccccn4)NC(=S)N3C[C@@H]3CCCO3)c2C)c1. The van der Waals surface area contributed by atoms with E-state index in [9.17, 15) is 0 Å². The van der Waals surface area contributed by atoms with E-state index in [1.54, 1.807) is 0 Å². The summed E-state index contributed by atoms with van der Waals surface area (Å²) in [6.07, 6.45) is 4.28. The summed E-state index contributed by atoms with van der Waals surface area (Å²) in [5.74, 6) is 0. The Kier molecular flexibility index (Phi) is 5.97. The van der Waals surface area contributed by atoms with Crippen LogP contribution >= 0.6 is 12.2 Å². The van der Waals surface area contributed by atoms with Crippen LogP contribution in [-0.2, 0) is 4.74 Å². The van der Waals surface area contributed by atoms with Crippen molar-refractivity contribution in [1.82, 2.24) is 19.8 Å². The molecule has 0 aliphatic carbocycles. The van der Waals surface area contributed by atoms with Gasteiger partial charge in [-0.1, -0.05) is 12.1 Å². The van der Waals surface area contributed by atoms with Crippen LogP contribution in [0.2, 0.25) is 0 Å². The highest BCUT2D eigenvalue weighted by Gasteiger charge is 2.42. The van der Waals surface area contributed by atoms with E-state index in [-0.39, 0.29) is 18.2 Å². The Morgan fingerprint density at radius 2 is 1.88 bits per heavy atom. The van der Waals surface area contributed by atoms with Gasteiger partial charge in [-0.3, -0.25) is 4.98 Å². The van der Waals surface area contributed by atoms with E-state index in [1.807, 2.05) is 18.3 Å². The summed E-state index contributed by atoms with van der Waals surface area (Å²) in [5.41, 5.74) is 8.52. The number of aryl methyl sites for hydroxylation is 3. The van der Waals surface area contributed by atoms with Crippen LogP contribution in [0.15, 0.2) is 48.7 Å². The molecular weight excluding hydrogens is 428 g/mol. The van der Waals surface area contributed by atoms with Gasteiger partial charge in [-0.05, 0) is 99.8 Å². The molecule has 1 aromatic carbocycles. The summed E-state index contributed by atoms with van der Waals surface area (Å²) >= 11 is 5.86. The summed E-state index contributed by atoms with van der Waals surface area (Å²) in [5, 5.41) is 4.37. The predicted molar refractivity (Wildman–Crippen MR) is 136 cm³/mol. The molecule has 5 nitrogen and oxygen atoms in total. The Bertz CT molecular complexity index is 1150. The van der Waals surface area contributed by atoms with Gasteiger partial charge in [-0.25, -0.2) is 0 Å². The smallest absolute Gasteiger partial charge is 0.170 e. The summed E-state index contributed by atoms with van der Waals surface area (Å²) < 4.78 is 8.36. The van der Waals surface area contributed by atoms with Crippen LogP contribution in [0.1, 0.15) is 58.7 Å². The molecule has 0 spiro atoms. The number of ether oxygens (including phenoxy) is 1. The third kappa shape index (κ3) is 4.18. The Morgan fingerprint density at radius 3 is 2.55 bits per heavy atom. The molecule has 2 aromatic heterocycles. The molecule has 2 fully saturated rings. The molecule has 3 aromatic rings. The van der Waals surface area contributed by atoms with Crippen molar-refractivity contribution in [2.45, 2.75) is 58.7 Å². The molecule has 5 rings (SSSR count). The highest BCUT2D eigenvalue weighted by atomic mass is 32.1. The van der Waals surface area contributed by atoms with Crippen molar-refractivity contribution in [3.8, 4) is 5.69 Å². The van der Waals surface area contributed by atoms with Gasteiger partial charge in [0.15, 0.2) is 5.11 Å². The van der Waals surface area contributed by atoms with Gasteiger partial charge in [0.2, 0.25) is 0 Å². The molecule has 0 bridgehead atoms. The molecule has 2 aliphatic rings. The molecular formula is C27H32N4OS. The van der Waals surface area contributed by atoms with Gasteiger partial charge < -0.3 is 19.5 Å². The minimum Gasteiger partial charge on any atom is -0.376 e. The van der Waals surface area contributed by atoms with E-state index in [1.165, 1.54) is 33.8 Å². The molecule has 33 heavy (non-hydrogen) atoms. The number of hydrogen-bond donors (Lipinski definition) is 1. The van der Waals surface area contributed by atoms with Crippen LogP contribution in [-0.4, -0.2) is 38.8 Å². The molecule has 3 atom stereocenters. The normalized spacial score (nSPS) is 22.7. The van der Waals surface area contributed by atoms with Crippen LogP contribution in [0.3, 0.4) is 0 Å². The van der Waals surface area contributed by atoms with Gasteiger partial charge in [-0.15, -0.1) is 0 Å². The van der Waals surface area contributed by atoms with E-state index >= 15 is 0 Å². The lowest BCUT2D eigenvalue weighted by atomic mass is 9.96. The summed E-state index contributed by atoms with van der Waals surface area (Å²) in [6.45, 7) is 10.4. The fourth-order valence-electron chi connectivity index (χ4n) is 5.51. The maximum absolute atomic E-state index is 5.99. The molecule has 0 radical (unpaired) electrons. The second kappa shape index (κ2) is 8.92. The first-order chi connectivity index (χ1) is 15.9. The standard InChI is InChI=1S/C27H32N4OS/c1-17-12-18(2)14-21(13-17)31-19(3)15-23(20(31)4)26-25(24-9-5-6-10-28-24)29-27(33)30(26)16-22-8-7-11-32-22/h5-6,9-10,12-15,22,25-26H,7-8,11,16H2,1-4H3,(H,29,33)/t22-,25-,26+/m0/s1. The van der Waals surface area contributed by atoms with Gasteiger partial charge in [0.05, 0.1) is 23.9 Å². The van der Waals surface area contributed by atoms with Crippen molar-refractivity contribution < 1.29 is 4.74 Å². The molecule has 4 heterocycles. The van der Waals surface area contributed by atoms with Crippen molar-refractivity contribution in [3.63, 3.8) is 0 Å². The van der Waals surface area contributed by atoms with Crippen molar-refractivity contribution >= 4 is 17.3 Å². The van der Waals surface area contributed by atoms with Crippen molar-refractivity contribution in [2.75, 3.05) is 13.2 Å². The molecule has 0 saturated carbocycles. The molecule has 2 saturated heterocycles. The molecule has 172 valence electrons. The minimum atomic E-state index is -0.00620. The Morgan fingerprint density at radius 1 is 1.09 bits per heavy atom. The maximum atomic E-state index is 5.99. The second-order valence-electron chi connectivity index (χ2n) is 9.42. The zero-order chi connectivity index (χ0) is 23.1. The highest BCUT2D eigenvalue weighted by molar-refractivity contribution is 7.80. The highest BCUT2D eigenvalue weighted by Crippen LogP contribution is 2.42. The summed E-state index contributed by atoms with van der Waals surface area (Å²) in [7, 11) is 0. The zero-order valence-electron chi connectivity index (χ0n) is 19.8. The third-order valence-electron chi connectivity index (χ3n) is 6.88. The predicted octanol–water partition coefficient (Wildman–Crippen LogP) is 5.26. The van der Waals surface area contributed by atoms with Crippen molar-refractivity contribution in [1.29, 1.82) is 0 Å². The number of rotatable bonds is 5. The second-order valence-corrected chi connectivity index (χ2v) is 9.81. The lowest BCUT2D eigenvalue weighted by Crippen LogP contribution is -2.36. The molecule has 0 unspecified atom stereocenters. The van der Waals surface area contributed by atoms with Gasteiger partial charge in [0, 0.05) is 36.4 Å². The van der Waals surface area contributed by atoms with Crippen molar-refractivity contribution in [3.05, 3.63) is 82.4 Å². The number of thiocarbonyl (C=S) groups is 1. The monoisotopic (exact) mass is 460 g/mol. The fourth-order valence-corrected chi connectivity index (χ4v) is 5.83. The lowest BCUT2D eigenvalue weighted by molar-refractivity contribution is 0.0842. The third-order valence-corrected chi connectivity index (χ3v) is 7.23. The summed E-state index contributed by atoms with van der Waals surface area (Å²) in [4.78, 5) is 7.02. The average molecular weight is 461 g/mol. The van der Waals surface area contributed by atoms with Gasteiger partial charge in [0.1, 0.15) is 0 Å². The van der Waals surface area contributed by atoms with Crippen molar-refractivity contribution in [2.24, 2.45) is 0 Å². The van der Waals surface area contributed by atoms with Gasteiger partial charge in [0.25, 0.3) is 0 Å². The maximum Gasteiger partial charge on any atom is 0.170 e. The minimum absolute atomic E-state index is 0.00620. The quantitative estimate of drug-likeness (QED) is 0.526. The molecule has 1 N–H and O–H groups in total. The first-order valence-electron chi connectivity index (χ1n) is 11.8. The van der Waals surface area contributed by atoms with E-state index in [0.717, 1.165) is 36.8 Å². The molecule has 6 heteroatoms. The van der Waals surface area contributed by atoms with E-state index in [0.29, 0.717) is 0 Å². The number of pyridine rings is 1. The van der Waals surface area contributed by atoms with E-state index in [2.05, 4.69) is 72.8 Å². The summed E-state index contributed by atoms with van der Waals surface area (Å²) in [6, 6.07) is 15.2. The number of hydrogen-bond acceptors (Lipinski definition) is 3. The topological polar surface area (TPSA) is 42.3 Å². The first kappa shape index (κ1) is 22.1. The Labute approximate surface area is 201 Å². The van der Waals surface area contributed by atoms with E-state index < -0.39 is 0 Å². The lowest BCUT2D eigenvalue weighted by Gasteiger charge is -2.30. The average Bonchev–Trinajstić information content (AvgIpc) is 3.47. The number of aromatic nitrogens is 2. The molecule has 0 amide bonds. The number of nitrogens with one attached hydrogen (secondary N) is 1. The van der Waals surface area contributed by atoms with Gasteiger partial charge in [-0.2, -0.15) is 0 Å². The van der Waals surface area contributed by atoms with Crippen LogP contribution in [0.5, 0.6) is 0 Å². The Balaban J connectivity index is 1.60. The Hall–Kier alpha value is -2.70. The van der Waals surface area contributed by atoms with Crippen LogP contribution < -0.4 is 5.32 Å². The number of nitrogens with zero attached hydrogens (tertiary/aromatic N) is 3. The van der Waals surface area contributed by atoms with Crippen LogP contribution in [0.4, 0.5) is 0 Å². The molecule has 2 aliphatic heterocycles. The van der Waals surface area contributed by atoms with Crippen LogP contribution in [0, 0.1) is 27.7 Å². The first-order valence-corrected chi connectivity index (χ1v) is 12.2. The van der Waals surface area contributed by atoms with E-state index in [4.69, 9.17) is 21.9 Å². The largest absolute Gasteiger partial charge is 0.376 e. The van der Waals surface area contributed by atoms with Gasteiger partial charge >= 0.3 is 0 Å². The fraction of sp³-hybridized carbons (Fsp3) is 0.407. The van der Waals surface area contributed by atoms with Crippen LogP contribution in [0.25, 0.3) is 5.69 Å². The number of benzene rings is 1. The zero-order valence-corrected chi connectivity index (χ0v) is 20.7.